The van der Waals surface area contributed by atoms with Gasteiger partial charge in [-0.1, -0.05) is 19.3 Å². The second kappa shape index (κ2) is 4.46. The van der Waals surface area contributed by atoms with Gasteiger partial charge >= 0.3 is 11.9 Å². The zero-order valence-electron chi connectivity index (χ0n) is 7.15. The molecule has 0 radical (unpaired) electrons. The van der Waals surface area contributed by atoms with Crippen molar-refractivity contribution in [2.45, 2.75) is 32.1 Å². The molecule has 0 aromatic carbocycles. The van der Waals surface area contributed by atoms with Crippen LogP contribution in [0.4, 0.5) is 0 Å². The van der Waals surface area contributed by atoms with Crippen molar-refractivity contribution in [3.63, 3.8) is 0 Å². The van der Waals surface area contributed by atoms with E-state index in [1.807, 2.05) is 0 Å². The molecule has 2 N–H and O–H groups in total. The van der Waals surface area contributed by atoms with Gasteiger partial charge in [-0.05, 0) is 12.8 Å². The third kappa shape index (κ3) is 2.12. The van der Waals surface area contributed by atoms with Crippen molar-refractivity contribution < 1.29 is 19.8 Å². The van der Waals surface area contributed by atoms with Gasteiger partial charge in [0.25, 0.3) is 0 Å². The summed E-state index contributed by atoms with van der Waals surface area (Å²) in [5, 5.41) is 17.6. The van der Waals surface area contributed by atoms with E-state index >= 15 is 0 Å². The molecule has 0 saturated heterocycles. The van der Waals surface area contributed by atoms with E-state index in [1.165, 1.54) is 0 Å². The lowest BCUT2D eigenvalue weighted by atomic mass is 9.74. The lowest BCUT2D eigenvalue weighted by molar-refractivity contribution is -0.167. The number of hydrogen-bond donors (Lipinski definition) is 2. The molecule has 13 heavy (non-hydrogen) atoms. The molecule has 0 heterocycles. The normalized spacial score (nSPS) is 20.0. The van der Waals surface area contributed by atoms with Crippen LogP contribution in [0.2, 0.25) is 0 Å². The van der Waals surface area contributed by atoms with Crippen molar-refractivity contribution in [2.24, 2.45) is 5.41 Å². The van der Waals surface area contributed by atoms with E-state index in [0.717, 1.165) is 6.42 Å². The number of rotatable bonds is 2. The van der Waals surface area contributed by atoms with Crippen molar-refractivity contribution in [3.8, 4) is 0 Å². The molecule has 0 spiro atoms. The maximum absolute atomic E-state index is 10.7. The topological polar surface area (TPSA) is 74.6 Å². The van der Waals surface area contributed by atoms with E-state index in [1.54, 1.807) is 0 Å². The lowest BCUT2D eigenvalue weighted by Gasteiger charge is -2.28. The van der Waals surface area contributed by atoms with E-state index in [0.29, 0.717) is 12.8 Å². The van der Waals surface area contributed by atoms with Crippen LogP contribution in [0.3, 0.4) is 0 Å². The van der Waals surface area contributed by atoms with Gasteiger partial charge < -0.3 is 10.2 Å². The fourth-order valence-electron chi connectivity index (χ4n) is 1.67. The Morgan fingerprint density at radius 1 is 0.923 bits per heavy atom. The second-order valence-electron chi connectivity index (χ2n) is 3.25. The van der Waals surface area contributed by atoms with Crippen LogP contribution in [-0.2, 0) is 9.59 Å². The van der Waals surface area contributed by atoms with Crippen LogP contribution in [0, 0.1) is 5.41 Å². The first-order chi connectivity index (χ1) is 5.59. The van der Waals surface area contributed by atoms with Crippen molar-refractivity contribution in [3.05, 3.63) is 0 Å². The summed E-state index contributed by atoms with van der Waals surface area (Å²) in [7, 11) is 0. The maximum atomic E-state index is 10.7. The maximum Gasteiger partial charge on any atom is 0.321 e. The molecule has 0 unspecified atom stereocenters. The van der Waals surface area contributed by atoms with Gasteiger partial charge in [-0.3, -0.25) is 9.59 Å². The molecular weight excluding hydrogens is 196 g/mol. The minimum atomic E-state index is -1.49. The largest absolute Gasteiger partial charge is 0.480 e. The molecule has 0 amide bonds. The van der Waals surface area contributed by atoms with Gasteiger partial charge in [0.05, 0.1) is 0 Å². The Hall–Kier alpha value is -0.770. The molecule has 1 aliphatic carbocycles. The minimum absolute atomic E-state index is 0. The first kappa shape index (κ1) is 12.2. The van der Waals surface area contributed by atoms with E-state index < -0.39 is 17.4 Å². The predicted octanol–water partition coefficient (Wildman–Crippen LogP) is 1.53. The summed E-state index contributed by atoms with van der Waals surface area (Å²) < 4.78 is 0. The molecule has 4 nitrogen and oxygen atoms in total. The molecule has 1 rings (SSSR count). The van der Waals surface area contributed by atoms with Gasteiger partial charge in [0.15, 0.2) is 5.41 Å². The molecule has 0 aromatic rings. The Bertz CT molecular complexity index is 192. The summed E-state index contributed by atoms with van der Waals surface area (Å²) in [5.74, 6) is -2.37. The van der Waals surface area contributed by atoms with E-state index in [9.17, 15) is 9.59 Å². The Morgan fingerprint density at radius 2 is 1.31 bits per heavy atom. The monoisotopic (exact) mass is 208 g/mol. The zero-order valence-corrected chi connectivity index (χ0v) is 7.97. The van der Waals surface area contributed by atoms with E-state index in [4.69, 9.17) is 10.2 Å². The average Bonchev–Trinajstić information content (AvgIpc) is 2.05. The molecule has 1 aliphatic rings. The van der Waals surface area contributed by atoms with Crippen molar-refractivity contribution in [2.75, 3.05) is 0 Å². The zero-order chi connectivity index (χ0) is 9.19. The van der Waals surface area contributed by atoms with Crippen LogP contribution in [0.25, 0.3) is 0 Å². The number of aliphatic carboxylic acids is 2. The average molecular weight is 209 g/mol. The summed E-state index contributed by atoms with van der Waals surface area (Å²) >= 11 is 0. The minimum Gasteiger partial charge on any atom is -0.480 e. The smallest absolute Gasteiger partial charge is 0.321 e. The molecule has 0 aliphatic heterocycles. The number of carboxylic acid groups (broad SMARTS) is 2. The number of halogens is 1. The van der Waals surface area contributed by atoms with Crippen LogP contribution >= 0.6 is 12.4 Å². The number of carboxylic acids is 2. The first-order valence-electron chi connectivity index (χ1n) is 4.06. The summed E-state index contributed by atoms with van der Waals surface area (Å²) in [6, 6.07) is 0. The number of hydrogen-bond acceptors (Lipinski definition) is 2. The van der Waals surface area contributed by atoms with Crippen molar-refractivity contribution in [1.82, 2.24) is 0 Å². The highest BCUT2D eigenvalue weighted by atomic mass is 35.5. The summed E-state index contributed by atoms with van der Waals surface area (Å²) in [5.41, 5.74) is -1.49. The fraction of sp³-hybridized carbons (Fsp3) is 0.750. The quantitative estimate of drug-likeness (QED) is 0.675. The Labute approximate surface area is 82.4 Å². The first-order valence-corrected chi connectivity index (χ1v) is 4.06. The molecule has 0 atom stereocenters. The molecule has 1 saturated carbocycles. The van der Waals surface area contributed by atoms with Crippen LogP contribution in [0.15, 0.2) is 0 Å². The molecule has 0 aromatic heterocycles. The fourth-order valence-corrected chi connectivity index (χ4v) is 1.67. The van der Waals surface area contributed by atoms with Crippen LogP contribution in [-0.4, -0.2) is 22.2 Å². The second-order valence-corrected chi connectivity index (χ2v) is 3.25. The Balaban J connectivity index is 0.00000144. The van der Waals surface area contributed by atoms with Gasteiger partial charge in [0.2, 0.25) is 0 Å². The third-order valence-corrected chi connectivity index (χ3v) is 2.53. The lowest BCUT2D eigenvalue weighted by Crippen LogP contribution is -2.40. The highest BCUT2D eigenvalue weighted by Crippen LogP contribution is 2.36. The van der Waals surface area contributed by atoms with E-state index in [2.05, 4.69) is 0 Å². The molecular formula is C8H13ClO4. The predicted molar refractivity (Wildman–Crippen MR) is 48.0 cm³/mol. The number of carbonyl (C=O) groups is 2. The molecule has 0 bridgehead atoms. The van der Waals surface area contributed by atoms with Gasteiger partial charge in [0.1, 0.15) is 0 Å². The Kier molecular flexibility index (Phi) is 4.20. The highest BCUT2D eigenvalue weighted by Gasteiger charge is 2.46. The highest BCUT2D eigenvalue weighted by molar-refractivity contribution is 5.98. The Morgan fingerprint density at radius 3 is 1.54 bits per heavy atom. The summed E-state index contributed by atoms with van der Waals surface area (Å²) in [6.07, 6.45) is 2.91. The van der Waals surface area contributed by atoms with Gasteiger partial charge in [-0.2, -0.15) is 0 Å². The summed E-state index contributed by atoms with van der Waals surface area (Å²) in [4.78, 5) is 21.5. The van der Waals surface area contributed by atoms with Gasteiger partial charge in [-0.15, -0.1) is 12.4 Å². The van der Waals surface area contributed by atoms with Gasteiger partial charge in [0, 0.05) is 0 Å². The molecule has 76 valence electrons. The van der Waals surface area contributed by atoms with Crippen molar-refractivity contribution >= 4 is 24.3 Å². The van der Waals surface area contributed by atoms with Crippen LogP contribution in [0.1, 0.15) is 32.1 Å². The standard InChI is InChI=1S/C8H12O4.ClH/c9-6(10)8(7(11)12)4-2-1-3-5-8;/h1-5H2,(H,9,10)(H,11,12);1H. The molecule has 5 heteroatoms. The van der Waals surface area contributed by atoms with Crippen LogP contribution in [0.5, 0.6) is 0 Å². The SMILES string of the molecule is Cl.O=C(O)C1(C(=O)O)CCCCC1. The molecule has 1 fully saturated rings. The van der Waals surface area contributed by atoms with Crippen molar-refractivity contribution in [1.29, 1.82) is 0 Å². The summed E-state index contributed by atoms with van der Waals surface area (Å²) in [6.45, 7) is 0. The van der Waals surface area contributed by atoms with Crippen LogP contribution < -0.4 is 0 Å². The van der Waals surface area contributed by atoms with Gasteiger partial charge in [-0.25, -0.2) is 0 Å². The van der Waals surface area contributed by atoms with E-state index in [-0.39, 0.29) is 25.2 Å². The third-order valence-electron chi connectivity index (χ3n) is 2.53.